The molecule has 1 fully saturated rings. The van der Waals surface area contributed by atoms with Gasteiger partial charge in [0.05, 0.1) is 27.8 Å². The van der Waals surface area contributed by atoms with Gasteiger partial charge in [0.15, 0.2) is 12.6 Å². The van der Waals surface area contributed by atoms with E-state index in [4.69, 9.17) is 9.47 Å². The number of aldehydes is 1. The van der Waals surface area contributed by atoms with Crippen molar-refractivity contribution in [2.75, 3.05) is 41.4 Å². The molecule has 0 spiro atoms. The molecule has 1 saturated heterocycles. The Labute approximate surface area is 180 Å². The van der Waals surface area contributed by atoms with Crippen LogP contribution in [-0.2, 0) is 9.47 Å². The maximum absolute atomic E-state index is 13.7. The Morgan fingerprint density at radius 2 is 1.47 bits per heavy atom. The predicted octanol–water partition coefficient (Wildman–Crippen LogP) is 3.43. The Morgan fingerprint density at radius 3 is 1.93 bits per heavy atom. The first-order chi connectivity index (χ1) is 14.1. The van der Waals surface area contributed by atoms with E-state index in [2.05, 4.69) is 0 Å². The maximum Gasteiger partial charge on any atom is 0.263 e. The minimum atomic E-state index is -0.669. The molecular weight excluding hydrogens is 438 g/mol. The zero-order valence-electron chi connectivity index (χ0n) is 16.9. The number of hydrogen-bond donors (Lipinski definition) is 0. The molecule has 0 saturated carbocycles. The first kappa shape index (κ1) is 24.1. The average Bonchev–Trinajstić information content (AvgIpc) is 3.30. The van der Waals surface area contributed by atoms with Crippen molar-refractivity contribution in [3.05, 3.63) is 43.3 Å². The van der Waals surface area contributed by atoms with Crippen molar-refractivity contribution >= 4 is 40.8 Å². The van der Waals surface area contributed by atoms with Gasteiger partial charge in [-0.1, -0.05) is 0 Å². The van der Waals surface area contributed by atoms with E-state index in [1.54, 1.807) is 28.2 Å². The summed E-state index contributed by atoms with van der Waals surface area (Å²) in [5, 5.41) is 0. The average molecular weight is 461 g/mol. The highest BCUT2D eigenvalue weighted by Crippen LogP contribution is 2.32. The molecule has 0 aromatic carbocycles. The zero-order chi connectivity index (χ0) is 22.4. The summed E-state index contributed by atoms with van der Waals surface area (Å²) in [6.45, 7) is 1.11. The van der Waals surface area contributed by atoms with Crippen LogP contribution in [0.25, 0.3) is 0 Å². The number of carbonyl (C=O) groups excluding carboxylic acids is 3. The normalized spacial score (nSPS) is 13.9. The number of halogens is 2. The van der Waals surface area contributed by atoms with Crippen LogP contribution in [0, 0.1) is 11.6 Å². The molecule has 7 nitrogen and oxygen atoms in total. The molecule has 0 radical (unpaired) electrons. The van der Waals surface area contributed by atoms with E-state index in [1.165, 1.54) is 15.9 Å². The maximum atomic E-state index is 13.7. The third-order valence-electron chi connectivity index (χ3n) is 3.81. The molecule has 2 aromatic heterocycles. The van der Waals surface area contributed by atoms with E-state index in [1.807, 2.05) is 0 Å². The molecule has 0 atom stereocenters. The standard InChI is InChI=1S/C11H14FNO3S.C8H8FNO2S/c1-13(2)10(14)8-6-7(12)9(17-8)11-15-4-3-5-16-11;1-10(2)8(12)6-3-5(9)7(4-11)13-6/h6,11H,3-5H2,1-2H3;3-4H,1-2H3. The van der Waals surface area contributed by atoms with Crippen molar-refractivity contribution < 1.29 is 32.6 Å². The van der Waals surface area contributed by atoms with Gasteiger partial charge < -0.3 is 19.3 Å². The van der Waals surface area contributed by atoms with Crippen molar-refractivity contribution in [1.82, 2.24) is 9.80 Å². The van der Waals surface area contributed by atoms with Gasteiger partial charge in [0.25, 0.3) is 11.8 Å². The fourth-order valence-electron chi connectivity index (χ4n) is 2.30. The van der Waals surface area contributed by atoms with Gasteiger partial charge in [0.1, 0.15) is 16.5 Å². The molecule has 1 aliphatic rings. The zero-order valence-corrected chi connectivity index (χ0v) is 18.6. The highest BCUT2D eigenvalue weighted by Gasteiger charge is 2.25. The van der Waals surface area contributed by atoms with Crippen molar-refractivity contribution in [2.24, 2.45) is 0 Å². The molecule has 1 aliphatic heterocycles. The second-order valence-corrected chi connectivity index (χ2v) is 8.76. The van der Waals surface area contributed by atoms with Crippen LogP contribution in [0.4, 0.5) is 8.78 Å². The second-order valence-electron chi connectivity index (χ2n) is 6.59. The van der Waals surface area contributed by atoms with E-state index in [-0.39, 0.29) is 21.6 Å². The van der Waals surface area contributed by atoms with E-state index >= 15 is 0 Å². The summed E-state index contributed by atoms with van der Waals surface area (Å²) in [5.74, 6) is -1.58. The van der Waals surface area contributed by atoms with Gasteiger partial charge in [0, 0.05) is 28.2 Å². The summed E-state index contributed by atoms with van der Waals surface area (Å²) < 4.78 is 37.2. The molecule has 3 heterocycles. The Morgan fingerprint density at radius 1 is 0.967 bits per heavy atom. The first-order valence-electron chi connectivity index (χ1n) is 8.86. The van der Waals surface area contributed by atoms with Crippen LogP contribution in [0.5, 0.6) is 0 Å². The monoisotopic (exact) mass is 460 g/mol. The van der Waals surface area contributed by atoms with Crippen molar-refractivity contribution in [1.29, 1.82) is 0 Å². The molecule has 11 heteroatoms. The van der Waals surface area contributed by atoms with E-state index in [0.29, 0.717) is 29.3 Å². The molecule has 0 bridgehead atoms. The van der Waals surface area contributed by atoms with Gasteiger partial charge in [-0.05, 0) is 18.6 Å². The van der Waals surface area contributed by atoms with Crippen molar-refractivity contribution in [2.45, 2.75) is 12.7 Å². The highest BCUT2D eigenvalue weighted by atomic mass is 32.1. The second kappa shape index (κ2) is 10.7. The van der Waals surface area contributed by atoms with Gasteiger partial charge in [-0.25, -0.2) is 8.78 Å². The van der Waals surface area contributed by atoms with Crippen molar-refractivity contribution in [3.8, 4) is 0 Å². The van der Waals surface area contributed by atoms with Crippen LogP contribution >= 0.6 is 22.7 Å². The van der Waals surface area contributed by atoms with Crippen LogP contribution in [0.2, 0.25) is 0 Å². The fourth-order valence-corrected chi connectivity index (χ4v) is 4.23. The number of rotatable bonds is 4. The predicted molar refractivity (Wildman–Crippen MR) is 109 cm³/mol. The van der Waals surface area contributed by atoms with Crippen molar-refractivity contribution in [3.63, 3.8) is 0 Å². The number of ether oxygens (including phenoxy) is 2. The molecule has 2 aromatic rings. The van der Waals surface area contributed by atoms with Gasteiger partial charge in [-0.15, -0.1) is 22.7 Å². The molecular formula is C19H22F2N2O5S2. The lowest BCUT2D eigenvalue weighted by Crippen LogP contribution is -2.20. The molecule has 3 rings (SSSR count). The van der Waals surface area contributed by atoms with Crippen LogP contribution in [0.1, 0.15) is 46.6 Å². The minimum absolute atomic E-state index is 0.0369. The summed E-state index contributed by atoms with van der Waals surface area (Å²) in [6.07, 6.45) is 0.553. The summed E-state index contributed by atoms with van der Waals surface area (Å²) in [6, 6.07) is 2.32. The minimum Gasteiger partial charge on any atom is -0.347 e. The van der Waals surface area contributed by atoms with Crippen LogP contribution < -0.4 is 0 Å². The fraction of sp³-hybridized carbons (Fsp3) is 0.421. The topological polar surface area (TPSA) is 76.2 Å². The summed E-state index contributed by atoms with van der Waals surface area (Å²) in [7, 11) is 6.40. The third-order valence-corrected chi connectivity index (χ3v) is 5.95. The lowest BCUT2D eigenvalue weighted by molar-refractivity contribution is -0.182. The summed E-state index contributed by atoms with van der Waals surface area (Å²) in [4.78, 5) is 36.9. The number of carbonyl (C=O) groups is 3. The largest absolute Gasteiger partial charge is 0.347 e. The molecule has 2 amide bonds. The molecule has 30 heavy (non-hydrogen) atoms. The number of amides is 2. The molecule has 0 N–H and O–H groups in total. The Kier molecular flexibility index (Phi) is 8.59. The van der Waals surface area contributed by atoms with Gasteiger partial charge in [0.2, 0.25) is 0 Å². The van der Waals surface area contributed by atoms with Gasteiger partial charge in [-0.3, -0.25) is 14.4 Å². The first-order valence-corrected chi connectivity index (χ1v) is 10.5. The van der Waals surface area contributed by atoms with Crippen LogP contribution in [0.15, 0.2) is 12.1 Å². The molecule has 0 aliphatic carbocycles. The Balaban J connectivity index is 0.000000222. The molecule has 164 valence electrons. The SMILES string of the molecule is CN(C)C(=O)c1cc(F)c(C2OCCCO2)s1.CN(C)C(=O)c1cc(F)c(C=O)s1. The summed E-state index contributed by atoms with van der Waals surface area (Å²) in [5.41, 5.74) is 0. The highest BCUT2D eigenvalue weighted by molar-refractivity contribution is 7.15. The van der Waals surface area contributed by atoms with E-state index in [9.17, 15) is 23.2 Å². The van der Waals surface area contributed by atoms with Crippen LogP contribution in [0.3, 0.4) is 0 Å². The number of hydrogen-bond acceptors (Lipinski definition) is 7. The lowest BCUT2D eigenvalue weighted by Gasteiger charge is -2.22. The smallest absolute Gasteiger partial charge is 0.263 e. The Hall–Kier alpha value is -2.21. The van der Waals surface area contributed by atoms with Gasteiger partial charge in [-0.2, -0.15) is 0 Å². The Bertz CT molecular complexity index is 905. The number of nitrogens with zero attached hydrogens (tertiary/aromatic N) is 2. The third kappa shape index (κ3) is 5.91. The molecule has 0 unspecified atom stereocenters. The number of thiophene rings is 2. The lowest BCUT2D eigenvalue weighted by atomic mass is 10.3. The van der Waals surface area contributed by atoms with Gasteiger partial charge >= 0.3 is 0 Å². The van der Waals surface area contributed by atoms with E-state index < -0.39 is 17.9 Å². The quantitative estimate of drug-likeness (QED) is 0.654. The van der Waals surface area contributed by atoms with E-state index in [0.717, 1.165) is 35.2 Å². The summed E-state index contributed by atoms with van der Waals surface area (Å²) >= 11 is 1.95. The van der Waals surface area contributed by atoms with Crippen LogP contribution in [-0.4, -0.2) is 69.3 Å².